The first kappa shape index (κ1) is 15.6. The van der Waals surface area contributed by atoms with Crippen molar-refractivity contribution in [2.45, 2.75) is 24.7 Å². The van der Waals surface area contributed by atoms with Gasteiger partial charge in [0, 0.05) is 10.5 Å². The minimum Gasteiger partial charge on any atom is -0.293 e. The second-order valence-corrected chi connectivity index (χ2v) is 6.27. The molecule has 0 heterocycles. The fourth-order valence-corrected chi connectivity index (χ4v) is 3.09. The third-order valence-corrected chi connectivity index (χ3v) is 4.44. The molecule has 0 saturated carbocycles. The number of Topliss-reactive ketones (excluding diaryl/α,β-unsaturated/α-hetero) is 1. The molecule has 0 aliphatic carbocycles. The van der Waals surface area contributed by atoms with Crippen LogP contribution in [0.25, 0.3) is 0 Å². The summed E-state index contributed by atoms with van der Waals surface area (Å²) in [5.41, 5.74) is 1.72. The summed E-state index contributed by atoms with van der Waals surface area (Å²) >= 11 is 0. The Labute approximate surface area is 126 Å². The number of carbonyl (C=O) groups is 1. The third kappa shape index (κ3) is 4.33. The second kappa shape index (κ2) is 7.27. The Morgan fingerprint density at radius 1 is 1.14 bits per heavy atom. The minimum atomic E-state index is -1.52. The van der Waals surface area contributed by atoms with Gasteiger partial charge in [0.1, 0.15) is 5.82 Å². The van der Waals surface area contributed by atoms with E-state index in [9.17, 15) is 13.4 Å². The van der Waals surface area contributed by atoms with Crippen molar-refractivity contribution in [3.8, 4) is 0 Å². The van der Waals surface area contributed by atoms with Gasteiger partial charge in [-0.2, -0.15) is 0 Å². The van der Waals surface area contributed by atoms with Crippen LogP contribution in [0, 0.1) is 5.82 Å². The van der Waals surface area contributed by atoms with Crippen LogP contribution in [0.1, 0.15) is 29.3 Å². The average molecular weight is 304 g/mol. The zero-order chi connectivity index (χ0) is 15.2. The predicted molar refractivity (Wildman–Crippen MR) is 82.4 cm³/mol. The number of hydrogen-bond donors (Lipinski definition) is 0. The summed E-state index contributed by atoms with van der Waals surface area (Å²) in [6.07, 6.45) is 2.03. The van der Waals surface area contributed by atoms with Crippen molar-refractivity contribution in [3.05, 3.63) is 65.5 Å². The SMILES string of the molecule is CCCc1ccc(C(=O)CS(=O)c2cccc(F)c2)cc1. The van der Waals surface area contributed by atoms with E-state index >= 15 is 0 Å². The summed E-state index contributed by atoms with van der Waals surface area (Å²) in [7, 11) is -1.52. The molecule has 1 unspecified atom stereocenters. The van der Waals surface area contributed by atoms with Crippen LogP contribution in [0.5, 0.6) is 0 Å². The van der Waals surface area contributed by atoms with Gasteiger partial charge in [-0.25, -0.2) is 4.39 Å². The lowest BCUT2D eigenvalue weighted by Crippen LogP contribution is -2.11. The molecular formula is C17H17FO2S. The van der Waals surface area contributed by atoms with Crippen LogP contribution in [0.4, 0.5) is 4.39 Å². The smallest absolute Gasteiger partial charge is 0.175 e. The van der Waals surface area contributed by atoms with Crippen LogP contribution in [0.2, 0.25) is 0 Å². The molecule has 0 aliphatic heterocycles. The highest BCUT2D eigenvalue weighted by Gasteiger charge is 2.12. The van der Waals surface area contributed by atoms with Crippen molar-refractivity contribution < 1.29 is 13.4 Å². The van der Waals surface area contributed by atoms with Gasteiger partial charge in [0.05, 0.1) is 16.6 Å². The highest BCUT2D eigenvalue weighted by atomic mass is 32.2. The van der Waals surface area contributed by atoms with E-state index in [1.54, 1.807) is 18.2 Å². The molecular weight excluding hydrogens is 287 g/mol. The number of rotatable bonds is 6. The van der Waals surface area contributed by atoms with Crippen LogP contribution in [0.15, 0.2) is 53.4 Å². The first-order chi connectivity index (χ1) is 10.1. The van der Waals surface area contributed by atoms with Crippen LogP contribution in [0.3, 0.4) is 0 Å². The lowest BCUT2D eigenvalue weighted by atomic mass is 10.1. The minimum absolute atomic E-state index is 0.128. The molecule has 1 atom stereocenters. The molecule has 2 rings (SSSR count). The first-order valence-electron chi connectivity index (χ1n) is 6.86. The Morgan fingerprint density at radius 3 is 2.48 bits per heavy atom. The lowest BCUT2D eigenvalue weighted by molar-refractivity contribution is 0.102. The summed E-state index contributed by atoms with van der Waals surface area (Å²) in [5.74, 6) is -0.769. The molecule has 110 valence electrons. The molecule has 0 aliphatic rings. The van der Waals surface area contributed by atoms with E-state index in [-0.39, 0.29) is 11.5 Å². The average Bonchev–Trinajstić information content (AvgIpc) is 2.48. The Hall–Kier alpha value is -1.81. The monoisotopic (exact) mass is 304 g/mol. The van der Waals surface area contributed by atoms with Gasteiger partial charge in [0.25, 0.3) is 0 Å². The zero-order valence-electron chi connectivity index (χ0n) is 11.8. The maximum atomic E-state index is 13.1. The van der Waals surface area contributed by atoms with E-state index in [2.05, 4.69) is 6.92 Å². The van der Waals surface area contributed by atoms with Gasteiger partial charge in [0.15, 0.2) is 5.78 Å². The summed E-state index contributed by atoms with van der Waals surface area (Å²) in [6, 6.07) is 12.9. The van der Waals surface area contributed by atoms with Gasteiger partial charge in [-0.05, 0) is 30.2 Å². The molecule has 21 heavy (non-hydrogen) atoms. The molecule has 2 aromatic rings. The molecule has 0 aromatic heterocycles. The lowest BCUT2D eigenvalue weighted by Gasteiger charge is -2.04. The Morgan fingerprint density at radius 2 is 1.86 bits per heavy atom. The van der Waals surface area contributed by atoms with Gasteiger partial charge in [-0.1, -0.05) is 43.7 Å². The van der Waals surface area contributed by atoms with Crippen molar-refractivity contribution in [3.63, 3.8) is 0 Å². The van der Waals surface area contributed by atoms with Gasteiger partial charge < -0.3 is 0 Å². The number of carbonyl (C=O) groups excluding carboxylic acids is 1. The zero-order valence-corrected chi connectivity index (χ0v) is 12.7. The van der Waals surface area contributed by atoms with Crippen LogP contribution >= 0.6 is 0 Å². The number of aryl methyl sites for hydroxylation is 1. The summed E-state index contributed by atoms with van der Waals surface area (Å²) < 4.78 is 25.2. The fraction of sp³-hybridized carbons (Fsp3) is 0.235. The van der Waals surface area contributed by atoms with Gasteiger partial charge in [-0.3, -0.25) is 9.00 Å². The van der Waals surface area contributed by atoms with E-state index in [1.807, 2.05) is 12.1 Å². The number of benzene rings is 2. The quantitative estimate of drug-likeness (QED) is 0.761. The molecule has 0 saturated heterocycles. The predicted octanol–water partition coefficient (Wildman–Crippen LogP) is 3.77. The van der Waals surface area contributed by atoms with Crippen LogP contribution < -0.4 is 0 Å². The molecule has 2 aromatic carbocycles. The van der Waals surface area contributed by atoms with Crippen LogP contribution in [-0.4, -0.2) is 15.7 Å². The van der Waals surface area contributed by atoms with E-state index < -0.39 is 16.6 Å². The molecule has 0 radical (unpaired) electrons. The summed E-state index contributed by atoms with van der Waals surface area (Å²) in [5, 5.41) is 0. The third-order valence-electron chi connectivity index (χ3n) is 3.14. The molecule has 2 nitrogen and oxygen atoms in total. The van der Waals surface area contributed by atoms with E-state index in [1.165, 1.54) is 23.8 Å². The van der Waals surface area contributed by atoms with Crippen molar-refractivity contribution in [2.24, 2.45) is 0 Å². The highest BCUT2D eigenvalue weighted by molar-refractivity contribution is 7.85. The second-order valence-electron chi connectivity index (χ2n) is 4.82. The van der Waals surface area contributed by atoms with Crippen molar-refractivity contribution in [1.29, 1.82) is 0 Å². The normalized spacial score (nSPS) is 12.1. The first-order valence-corrected chi connectivity index (χ1v) is 8.18. The van der Waals surface area contributed by atoms with Crippen molar-refractivity contribution in [1.82, 2.24) is 0 Å². The molecule has 4 heteroatoms. The Bertz CT molecular complexity index is 650. The molecule has 0 amide bonds. The largest absolute Gasteiger partial charge is 0.293 e. The van der Waals surface area contributed by atoms with Crippen molar-refractivity contribution >= 4 is 16.6 Å². The Balaban J connectivity index is 2.05. The Kier molecular flexibility index (Phi) is 5.39. The maximum Gasteiger partial charge on any atom is 0.175 e. The molecule has 0 fully saturated rings. The van der Waals surface area contributed by atoms with E-state index in [0.29, 0.717) is 10.5 Å². The van der Waals surface area contributed by atoms with Crippen LogP contribution in [-0.2, 0) is 17.2 Å². The van der Waals surface area contributed by atoms with Crippen molar-refractivity contribution in [2.75, 3.05) is 5.75 Å². The standard InChI is InChI=1S/C17H17FO2S/c1-2-4-13-7-9-14(10-8-13)17(19)12-21(20)16-6-3-5-15(18)11-16/h3,5-11H,2,4,12H2,1H3. The summed E-state index contributed by atoms with van der Waals surface area (Å²) in [4.78, 5) is 12.4. The number of halogens is 1. The van der Waals surface area contributed by atoms with Gasteiger partial charge in [0.2, 0.25) is 0 Å². The summed E-state index contributed by atoms with van der Waals surface area (Å²) in [6.45, 7) is 2.10. The van der Waals surface area contributed by atoms with Gasteiger partial charge in [-0.15, -0.1) is 0 Å². The molecule has 0 bridgehead atoms. The molecule has 0 N–H and O–H groups in total. The molecule has 0 spiro atoms. The number of ketones is 1. The van der Waals surface area contributed by atoms with Gasteiger partial charge >= 0.3 is 0 Å². The fourth-order valence-electron chi connectivity index (χ4n) is 2.04. The van der Waals surface area contributed by atoms with E-state index in [4.69, 9.17) is 0 Å². The maximum absolute atomic E-state index is 13.1. The van der Waals surface area contributed by atoms with E-state index in [0.717, 1.165) is 12.8 Å². The highest BCUT2D eigenvalue weighted by Crippen LogP contribution is 2.12. The number of hydrogen-bond acceptors (Lipinski definition) is 2. The topological polar surface area (TPSA) is 34.1 Å².